The van der Waals surface area contributed by atoms with Crippen molar-refractivity contribution in [2.75, 3.05) is 19.8 Å². The second-order valence-electron chi connectivity index (χ2n) is 8.91. The zero-order valence-corrected chi connectivity index (χ0v) is 15.6. The van der Waals surface area contributed by atoms with Crippen molar-refractivity contribution in [3.05, 3.63) is 23.8 Å². The minimum absolute atomic E-state index is 0.112. The van der Waals surface area contributed by atoms with Gasteiger partial charge < -0.3 is 14.2 Å². The Morgan fingerprint density at radius 3 is 2.26 bits per heavy atom. The zero-order chi connectivity index (χ0) is 18.4. The fourth-order valence-electron chi connectivity index (χ4n) is 6.11. The van der Waals surface area contributed by atoms with Crippen LogP contribution in [-0.4, -0.2) is 31.6 Å². The number of esters is 1. The van der Waals surface area contributed by atoms with E-state index in [9.17, 15) is 9.59 Å². The van der Waals surface area contributed by atoms with E-state index in [0.717, 1.165) is 25.7 Å². The van der Waals surface area contributed by atoms with Gasteiger partial charge in [-0.1, -0.05) is 0 Å². The van der Waals surface area contributed by atoms with Gasteiger partial charge in [-0.3, -0.25) is 4.79 Å². The fourth-order valence-corrected chi connectivity index (χ4v) is 6.11. The van der Waals surface area contributed by atoms with Gasteiger partial charge in [0.2, 0.25) is 0 Å². The molecule has 0 saturated heterocycles. The lowest BCUT2D eigenvalue weighted by Crippen LogP contribution is -2.51. The van der Waals surface area contributed by atoms with Crippen molar-refractivity contribution in [2.45, 2.75) is 44.9 Å². The summed E-state index contributed by atoms with van der Waals surface area (Å²) in [5, 5.41) is 0. The number of Topliss-reactive ketones (excluding diaryl/α,β-unsaturated/α-hetero) is 1. The molecule has 27 heavy (non-hydrogen) atoms. The molecule has 6 rings (SSSR count). The molecule has 144 valence electrons. The first kappa shape index (κ1) is 17.1. The highest BCUT2D eigenvalue weighted by molar-refractivity contribution is 5.93. The second kappa shape index (κ2) is 6.54. The van der Waals surface area contributed by atoms with Gasteiger partial charge in [-0.15, -0.1) is 0 Å². The van der Waals surface area contributed by atoms with E-state index in [-0.39, 0.29) is 17.8 Å². The number of carbonyl (C=O) groups is 2. The van der Waals surface area contributed by atoms with Crippen LogP contribution in [0.3, 0.4) is 0 Å². The standard InChI is InChI=1S/C22H26O5/c23-20(22-10-14-6-15(11-22)8-16(7-14)12-22)13-27-21(24)17-2-3-18-19(9-17)26-5-1-4-25-18/h2-3,9,14-16H,1,4-8,10-13H2. The molecule has 1 aromatic carbocycles. The first-order chi connectivity index (χ1) is 13.1. The first-order valence-corrected chi connectivity index (χ1v) is 10.2. The largest absolute Gasteiger partial charge is 0.490 e. The Balaban J connectivity index is 1.24. The van der Waals surface area contributed by atoms with Crippen LogP contribution in [0.25, 0.3) is 0 Å². The van der Waals surface area contributed by atoms with Crippen molar-refractivity contribution in [1.82, 2.24) is 0 Å². The smallest absolute Gasteiger partial charge is 0.338 e. The molecule has 4 bridgehead atoms. The maximum absolute atomic E-state index is 13.0. The Morgan fingerprint density at radius 1 is 0.963 bits per heavy atom. The Hall–Kier alpha value is -2.04. The van der Waals surface area contributed by atoms with Gasteiger partial charge in [0.05, 0.1) is 18.8 Å². The lowest BCUT2D eigenvalue weighted by atomic mass is 9.48. The molecule has 5 nitrogen and oxygen atoms in total. The maximum Gasteiger partial charge on any atom is 0.338 e. The molecule has 1 aliphatic heterocycles. The molecule has 0 atom stereocenters. The fraction of sp³-hybridized carbons (Fsp3) is 0.636. The van der Waals surface area contributed by atoms with Gasteiger partial charge in [-0.05, 0) is 74.5 Å². The quantitative estimate of drug-likeness (QED) is 0.755. The van der Waals surface area contributed by atoms with Gasteiger partial charge in [-0.2, -0.15) is 0 Å². The summed E-state index contributed by atoms with van der Waals surface area (Å²) < 4.78 is 16.6. The average molecular weight is 370 g/mol. The molecule has 1 heterocycles. The van der Waals surface area contributed by atoms with Crippen molar-refractivity contribution >= 4 is 11.8 Å². The minimum atomic E-state index is -0.469. The highest BCUT2D eigenvalue weighted by atomic mass is 16.5. The minimum Gasteiger partial charge on any atom is -0.490 e. The summed E-state index contributed by atoms with van der Waals surface area (Å²) in [5.41, 5.74) is 0.178. The Labute approximate surface area is 159 Å². The molecule has 4 aliphatic carbocycles. The topological polar surface area (TPSA) is 61.8 Å². The number of fused-ring (bicyclic) bond motifs is 1. The van der Waals surface area contributed by atoms with E-state index in [1.165, 1.54) is 19.3 Å². The molecule has 5 heteroatoms. The molecule has 4 fully saturated rings. The molecular weight excluding hydrogens is 344 g/mol. The predicted octanol–water partition coefficient (Wildman–Crippen LogP) is 3.79. The van der Waals surface area contributed by atoms with Gasteiger partial charge in [0.25, 0.3) is 0 Å². The lowest BCUT2D eigenvalue weighted by Gasteiger charge is -2.55. The predicted molar refractivity (Wildman–Crippen MR) is 97.9 cm³/mol. The zero-order valence-electron chi connectivity index (χ0n) is 15.6. The van der Waals surface area contributed by atoms with Crippen LogP contribution in [0.5, 0.6) is 11.5 Å². The molecule has 1 aromatic rings. The summed E-state index contributed by atoms with van der Waals surface area (Å²) in [7, 11) is 0. The molecule has 4 saturated carbocycles. The summed E-state index contributed by atoms with van der Waals surface area (Å²) >= 11 is 0. The monoisotopic (exact) mass is 370 g/mol. The van der Waals surface area contributed by atoms with E-state index in [0.29, 0.717) is 48.0 Å². The van der Waals surface area contributed by atoms with Gasteiger partial charge in [0.15, 0.2) is 23.9 Å². The van der Waals surface area contributed by atoms with Crippen molar-refractivity contribution in [1.29, 1.82) is 0 Å². The third kappa shape index (κ3) is 3.11. The van der Waals surface area contributed by atoms with E-state index in [1.54, 1.807) is 18.2 Å². The summed E-state index contributed by atoms with van der Waals surface area (Å²) in [6.07, 6.45) is 7.70. The van der Waals surface area contributed by atoms with Crippen LogP contribution in [0.2, 0.25) is 0 Å². The van der Waals surface area contributed by atoms with Crippen LogP contribution < -0.4 is 9.47 Å². The van der Waals surface area contributed by atoms with Gasteiger partial charge in [-0.25, -0.2) is 4.79 Å². The Morgan fingerprint density at radius 2 is 1.59 bits per heavy atom. The number of hydrogen-bond acceptors (Lipinski definition) is 5. The summed E-state index contributed by atoms with van der Waals surface area (Å²) in [6.45, 7) is 1.06. The molecule has 0 amide bonds. The molecule has 5 aliphatic rings. The van der Waals surface area contributed by atoms with Crippen LogP contribution in [0.1, 0.15) is 55.3 Å². The third-order valence-corrected chi connectivity index (χ3v) is 6.95. The second-order valence-corrected chi connectivity index (χ2v) is 8.91. The average Bonchev–Trinajstić information content (AvgIpc) is 2.89. The summed E-state index contributed by atoms with van der Waals surface area (Å²) in [5.74, 6) is 2.99. The summed E-state index contributed by atoms with van der Waals surface area (Å²) in [6, 6.07) is 5.06. The number of benzene rings is 1. The number of ketones is 1. The number of carbonyl (C=O) groups excluding carboxylic acids is 2. The van der Waals surface area contributed by atoms with Crippen molar-refractivity contribution in [3.63, 3.8) is 0 Å². The molecule has 0 unspecified atom stereocenters. The van der Waals surface area contributed by atoms with E-state index < -0.39 is 5.97 Å². The number of rotatable bonds is 4. The van der Waals surface area contributed by atoms with Crippen LogP contribution in [0.4, 0.5) is 0 Å². The van der Waals surface area contributed by atoms with E-state index in [4.69, 9.17) is 14.2 Å². The molecule has 0 radical (unpaired) electrons. The number of hydrogen-bond donors (Lipinski definition) is 0. The van der Waals surface area contributed by atoms with Gasteiger partial charge in [0, 0.05) is 11.8 Å². The van der Waals surface area contributed by atoms with Crippen LogP contribution in [-0.2, 0) is 9.53 Å². The Kier molecular flexibility index (Phi) is 4.14. The SMILES string of the molecule is O=C(OCC(=O)C12CC3CC(CC(C3)C1)C2)c1ccc2c(c1)OCCCO2. The van der Waals surface area contributed by atoms with Gasteiger partial charge in [0.1, 0.15) is 0 Å². The third-order valence-electron chi connectivity index (χ3n) is 6.95. The van der Waals surface area contributed by atoms with Crippen molar-refractivity contribution in [3.8, 4) is 11.5 Å². The highest BCUT2D eigenvalue weighted by Gasteiger charge is 2.54. The lowest BCUT2D eigenvalue weighted by molar-refractivity contribution is -0.147. The van der Waals surface area contributed by atoms with E-state index >= 15 is 0 Å². The van der Waals surface area contributed by atoms with Crippen LogP contribution >= 0.6 is 0 Å². The maximum atomic E-state index is 13.0. The highest BCUT2D eigenvalue weighted by Crippen LogP contribution is 2.60. The number of ether oxygens (including phenoxy) is 3. The molecule has 0 spiro atoms. The van der Waals surface area contributed by atoms with E-state index in [2.05, 4.69) is 0 Å². The van der Waals surface area contributed by atoms with Crippen molar-refractivity contribution < 1.29 is 23.8 Å². The Bertz CT molecular complexity index is 733. The van der Waals surface area contributed by atoms with Crippen LogP contribution in [0, 0.1) is 23.2 Å². The summed E-state index contributed by atoms with van der Waals surface area (Å²) in [4.78, 5) is 25.5. The van der Waals surface area contributed by atoms with Crippen molar-refractivity contribution in [2.24, 2.45) is 23.2 Å². The van der Waals surface area contributed by atoms with E-state index in [1.807, 2.05) is 0 Å². The molecule has 0 aromatic heterocycles. The normalized spacial score (nSPS) is 33.4. The molecular formula is C22H26O5. The van der Waals surface area contributed by atoms with Gasteiger partial charge >= 0.3 is 5.97 Å². The van der Waals surface area contributed by atoms with Crippen LogP contribution in [0.15, 0.2) is 18.2 Å². The first-order valence-electron chi connectivity index (χ1n) is 10.2. The molecule has 0 N–H and O–H groups in total.